The molecule has 4 atom stereocenters. The van der Waals surface area contributed by atoms with Gasteiger partial charge in [0, 0.05) is 48.9 Å². The van der Waals surface area contributed by atoms with Gasteiger partial charge in [0.2, 0.25) is 0 Å². The number of fused-ring (bicyclic) bond motifs is 4. The molecule has 5 aromatic rings. The lowest BCUT2D eigenvalue weighted by atomic mass is 9.92. The number of alkyl halides is 1. The minimum absolute atomic E-state index is 0.00474. The van der Waals surface area contributed by atoms with E-state index in [0.717, 1.165) is 43.6 Å². The van der Waals surface area contributed by atoms with Gasteiger partial charge < -0.3 is 20.3 Å². The molecule has 7 heterocycles. The molecule has 1 amide bonds. The quantitative estimate of drug-likeness (QED) is 0.227. The topological polar surface area (TPSA) is 142 Å². The highest BCUT2D eigenvalue weighted by Crippen LogP contribution is 2.47. The monoisotopic (exact) mass is 748 g/mol. The number of thiophene rings is 1. The summed E-state index contributed by atoms with van der Waals surface area (Å²) in [6.45, 7) is 2.72. The Kier molecular flexibility index (Phi) is 7.94. The number of carbonyl (C=O) groups is 1. The smallest absolute Gasteiger partial charge is 0.346 e. The Morgan fingerprint density at radius 3 is 2.87 bits per heavy atom. The molecule has 2 N–H and O–H groups in total. The Bertz CT molecular complexity index is 2300. The van der Waals surface area contributed by atoms with Gasteiger partial charge in [0.15, 0.2) is 5.82 Å². The van der Waals surface area contributed by atoms with Crippen molar-refractivity contribution in [3.8, 4) is 23.2 Å². The van der Waals surface area contributed by atoms with Crippen molar-refractivity contribution in [1.29, 1.82) is 5.26 Å². The predicted octanol–water partition coefficient (Wildman–Crippen LogP) is 6.01. The Morgan fingerprint density at radius 1 is 1.19 bits per heavy atom. The second kappa shape index (κ2) is 12.5. The molecule has 4 saturated heterocycles. The highest BCUT2D eigenvalue weighted by atomic mass is 35.5. The summed E-state index contributed by atoms with van der Waals surface area (Å²) in [7, 11) is 0. The third-order valence-electron chi connectivity index (χ3n) is 11.2. The van der Waals surface area contributed by atoms with E-state index in [0.29, 0.717) is 43.8 Å². The standard InChI is InChI=1S/C35H32ClF3N10O2S/c36-23-9-21-29(28(39)27(23)20-4-5-24(38)30-26(20)22(11-40)31(41)52-30)44-33(51-15-35-6-2-7-47(35)13-19(37)10-35)45-32(21)46-12-18-3-1-8-48(25(18)14-46)34(50)49-17-42-16-43-49/h4-5,9,16-19,25H,1-3,6-8,10,12-15,41H2/t18?,19-,25?,35+/m1/s1. The molecular weight excluding hydrogens is 717 g/mol. The number of aromatic nitrogens is 5. The number of hydrogen-bond acceptors (Lipinski definition) is 11. The molecular formula is C35H32ClF3N10O2S. The molecule has 0 spiro atoms. The van der Waals surface area contributed by atoms with Gasteiger partial charge in [-0.25, -0.2) is 22.9 Å². The number of benzene rings is 2. The molecule has 4 aliphatic heterocycles. The van der Waals surface area contributed by atoms with Crippen LogP contribution in [-0.4, -0.2) is 97.6 Å². The number of carbonyl (C=O) groups excluding carboxylic acids is 1. The fourth-order valence-corrected chi connectivity index (χ4v) is 10.1. The fourth-order valence-electron chi connectivity index (χ4n) is 8.90. The molecule has 3 aromatic heterocycles. The van der Waals surface area contributed by atoms with Gasteiger partial charge in [-0.15, -0.1) is 11.3 Å². The number of rotatable bonds is 5. The van der Waals surface area contributed by atoms with Crippen molar-refractivity contribution in [1.82, 2.24) is 34.5 Å². The van der Waals surface area contributed by atoms with Crippen molar-refractivity contribution in [2.24, 2.45) is 5.92 Å². The van der Waals surface area contributed by atoms with Gasteiger partial charge in [0.1, 0.15) is 53.7 Å². The summed E-state index contributed by atoms with van der Waals surface area (Å²) in [6.07, 6.45) is 5.42. The number of ether oxygens (including phenoxy) is 1. The van der Waals surface area contributed by atoms with Gasteiger partial charge in [-0.05, 0) is 55.8 Å². The highest BCUT2D eigenvalue weighted by molar-refractivity contribution is 7.23. The summed E-state index contributed by atoms with van der Waals surface area (Å²) in [6, 6.07) is 5.66. The van der Waals surface area contributed by atoms with E-state index >= 15 is 4.39 Å². The lowest BCUT2D eigenvalue weighted by Crippen LogP contribution is -2.50. The maximum Gasteiger partial charge on any atom is 0.346 e. The average Bonchev–Trinajstić information content (AvgIpc) is 3.96. The van der Waals surface area contributed by atoms with Gasteiger partial charge in [0.25, 0.3) is 0 Å². The van der Waals surface area contributed by atoms with Crippen LogP contribution in [0.3, 0.4) is 0 Å². The zero-order chi connectivity index (χ0) is 35.9. The number of amides is 1. The van der Waals surface area contributed by atoms with Crippen LogP contribution in [0, 0.1) is 28.9 Å². The maximum atomic E-state index is 17.2. The van der Waals surface area contributed by atoms with E-state index in [1.165, 1.54) is 29.5 Å². The fraction of sp³-hybridized carbons (Fsp3) is 0.429. The van der Waals surface area contributed by atoms with E-state index in [-0.39, 0.29) is 72.9 Å². The molecule has 268 valence electrons. The molecule has 4 aliphatic rings. The first-order chi connectivity index (χ1) is 25.2. The van der Waals surface area contributed by atoms with Crippen LogP contribution in [0.5, 0.6) is 6.01 Å². The van der Waals surface area contributed by atoms with Crippen LogP contribution in [0.15, 0.2) is 30.9 Å². The number of piperidine rings is 1. The molecule has 4 fully saturated rings. The molecule has 0 aliphatic carbocycles. The van der Waals surface area contributed by atoms with Crippen molar-refractivity contribution in [3.05, 3.63) is 53.1 Å². The molecule has 0 saturated carbocycles. The minimum atomic E-state index is -0.966. The summed E-state index contributed by atoms with van der Waals surface area (Å²) in [5.41, 5.74) is 5.67. The number of anilines is 2. The van der Waals surface area contributed by atoms with Crippen molar-refractivity contribution in [2.75, 3.05) is 50.0 Å². The van der Waals surface area contributed by atoms with Crippen LogP contribution >= 0.6 is 22.9 Å². The van der Waals surface area contributed by atoms with Crippen LogP contribution in [0.2, 0.25) is 5.02 Å². The summed E-state index contributed by atoms with van der Waals surface area (Å²) in [4.78, 5) is 32.7. The number of halogens is 4. The summed E-state index contributed by atoms with van der Waals surface area (Å²) in [5, 5.41) is 14.6. The van der Waals surface area contributed by atoms with E-state index in [1.54, 1.807) is 11.0 Å². The van der Waals surface area contributed by atoms with E-state index in [4.69, 9.17) is 27.1 Å². The molecule has 0 radical (unpaired) electrons. The maximum absolute atomic E-state index is 17.2. The lowest BCUT2D eigenvalue weighted by molar-refractivity contribution is 0.107. The molecule has 17 heteroatoms. The molecule has 0 bridgehead atoms. The lowest BCUT2D eigenvalue weighted by Gasteiger charge is -2.36. The number of nitrogens with two attached hydrogens (primary N) is 1. The third-order valence-corrected chi connectivity index (χ3v) is 12.5. The SMILES string of the molecule is N#Cc1c(N)sc2c(F)ccc(-c3c(Cl)cc4c(N5CC6CCCN(C(=O)n7cncn7)C6C5)nc(OC[C@@]56CCCN5C[C@H](F)C6)nc4c3F)c12. The van der Waals surface area contributed by atoms with E-state index in [1.807, 2.05) is 11.0 Å². The van der Waals surface area contributed by atoms with Crippen molar-refractivity contribution in [3.63, 3.8) is 0 Å². The Balaban J connectivity index is 1.17. The van der Waals surface area contributed by atoms with Gasteiger partial charge in [-0.2, -0.15) is 25.0 Å². The summed E-state index contributed by atoms with van der Waals surface area (Å²) >= 11 is 7.82. The van der Waals surface area contributed by atoms with E-state index < -0.39 is 23.3 Å². The number of nitriles is 1. The molecule has 9 rings (SSSR count). The van der Waals surface area contributed by atoms with Crippen LogP contribution in [0.4, 0.5) is 28.8 Å². The number of likely N-dealkylation sites (tertiary alicyclic amines) is 1. The zero-order valence-electron chi connectivity index (χ0n) is 27.7. The van der Waals surface area contributed by atoms with Gasteiger partial charge in [-0.1, -0.05) is 17.7 Å². The second-order valence-electron chi connectivity index (χ2n) is 14.1. The van der Waals surface area contributed by atoms with Gasteiger partial charge in [0.05, 0.1) is 26.9 Å². The van der Waals surface area contributed by atoms with E-state index in [2.05, 4.69) is 20.0 Å². The first kappa shape index (κ1) is 33.1. The Labute approximate surface area is 304 Å². The normalized spacial score (nSPS) is 24.5. The number of nitrogens with zero attached hydrogens (tertiary/aromatic N) is 9. The molecule has 52 heavy (non-hydrogen) atoms. The Hall–Kier alpha value is -4.72. The van der Waals surface area contributed by atoms with Crippen molar-refractivity contribution in [2.45, 2.75) is 49.9 Å². The van der Waals surface area contributed by atoms with Gasteiger partial charge >= 0.3 is 12.0 Å². The van der Waals surface area contributed by atoms with E-state index in [9.17, 15) is 18.8 Å². The molecule has 2 aromatic carbocycles. The number of nitrogen functional groups attached to an aromatic ring is 1. The minimum Gasteiger partial charge on any atom is -0.461 e. The summed E-state index contributed by atoms with van der Waals surface area (Å²) < 4.78 is 54.4. The van der Waals surface area contributed by atoms with Gasteiger partial charge in [-0.3, -0.25) is 4.90 Å². The largest absolute Gasteiger partial charge is 0.461 e. The molecule has 2 unspecified atom stereocenters. The van der Waals surface area contributed by atoms with Crippen molar-refractivity contribution >= 4 is 60.8 Å². The third kappa shape index (κ3) is 5.15. The number of hydrogen-bond donors (Lipinski definition) is 1. The van der Waals surface area contributed by atoms with Crippen LogP contribution in [-0.2, 0) is 0 Å². The first-order valence-corrected chi connectivity index (χ1v) is 18.4. The predicted molar refractivity (Wildman–Crippen MR) is 189 cm³/mol. The summed E-state index contributed by atoms with van der Waals surface area (Å²) in [5.74, 6) is -0.916. The highest BCUT2D eigenvalue weighted by Gasteiger charge is 2.49. The van der Waals surface area contributed by atoms with Crippen LogP contribution in [0.1, 0.15) is 37.7 Å². The molecule has 12 nitrogen and oxygen atoms in total. The zero-order valence-corrected chi connectivity index (χ0v) is 29.3. The van der Waals surface area contributed by atoms with Crippen LogP contribution < -0.4 is 15.4 Å². The Morgan fingerprint density at radius 2 is 2.06 bits per heavy atom. The first-order valence-electron chi connectivity index (χ1n) is 17.2. The second-order valence-corrected chi connectivity index (χ2v) is 15.5. The van der Waals surface area contributed by atoms with Crippen LogP contribution in [0.25, 0.3) is 32.1 Å². The average molecular weight is 749 g/mol. The van der Waals surface area contributed by atoms with Crippen molar-refractivity contribution < 1.29 is 22.7 Å².